The number of rotatable bonds is 3. The second-order valence-electron chi connectivity index (χ2n) is 7.04. The zero-order valence-corrected chi connectivity index (χ0v) is 18.5. The highest BCUT2D eigenvalue weighted by molar-refractivity contribution is 14.0. The quantitative estimate of drug-likeness (QED) is 0.409. The van der Waals surface area contributed by atoms with E-state index in [9.17, 15) is 4.79 Å². The number of hydrogen-bond donors (Lipinski definition) is 1. The fourth-order valence-electron chi connectivity index (χ4n) is 3.68. The number of carbonyl (C=O) groups excluding carboxylic acids is 1. The Labute approximate surface area is 179 Å². The Kier molecular flexibility index (Phi) is 9.10. The molecule has 0 saturated carbocycles. The molecular formula is C21H31IN4O. The van der Waals surface area contributed by atoms with Crippen molar-refractivity contribution in [1.82, 2.24) is 15.1 Å². The predicted molar refractivity (Wildman–Crippen MR) is 122 cm³/mol. The minimum Gasteiger partial charge on any atom is -0.347 e. The van der Waals surface area contributed by atoms with Gasteiger partial charge in [0.05, 0.1) is 6.54 Å². The Bertz CT molecular complexity index is 643. The van der Waals surface area contributed by atoms with Crippen LogP contribution in [0.2, 0.25) is 0 Å². The van der Waals surface area contributed by atoms with Gasteiger partial charge in [0.1, 0.15) is 0 Å². The summed E-state index contributed by atoms with van der Waals surface area (Å²) >= 11 is 0. The van der Waals surface area contributed by atoms with Crippen LogP contribution in [0.25, 0.3) is 6.08 Å². The highest BCUT2D eigenvalue weighted by atomic mass is 127. The maximum absolute atomic E-state index is 12.3. The largest absolute Gasteiger partial charge is 0.347 e. The summed E-state index contributed by atoms with van der Waals surface area (Å²) in [7, 11) is 1.79. The van der Waals surface area contributed by atoms with Gasteiger partial charge in [0.2, 0.25) is 5.91 Å². The van der Waals surface area contributed by atoms with E-state index in [-0.39, 0.29) is 29.9 Å². The van der Waals surface area contributed by atoms with Gasteiger partial charge in [0.15, 0.2) is 5.96 Å². The lowest BCUT2D eigenvalue weighted by Gasteiger charge is -2.32. The van der Waals surface area contributed by atoms with Crippen molar-refractivity contribution in [2.45, 2.75) is 32.1 Å². The zero-order chi connectivity index (χ0) is 18.2. The van der Waals surface area contributed by atoms with Crippen molar-refractivity contribution in [3.8, 4) is 0 Å². The van der Waals surface area contributed by atoms with Gasteiger partial charge < -0.3 is 15.1 Å². The van der Waals surface area contributed by atoms with E-state index in [0.717, 1.165) is 57.8 Å². The maximum atomic E-state index is 12.3. The summed E-state index contributed by atoms with van der Waals surface area (Å²) in [5.41, 5.74) is 2.75. The molecule has 0 atom stereocenters. The Morgan fingerprint density at radius 2 is 1.70 bits per heavy atom. The molecule has 2 saturated heterocycles. The number of nitrogens with zero attached hydrogens (tertiary/aromatic N) is 3. The van der Waals surface area contributed by atoms with Crippen LogP contribution < -0.4 is 5.32 Å². The lowest BCUT2D eigenvalue weighted by molar-refractivity contribution is -0.130. The van der Waals surface area contributed by atoms with Gasteiger partial charge in [0, 0.05) is 33.2 Å². The van der Waals surface area contributed by atoms with E-state index in [2.05, 4.69) is 45.6 Å². The number of halogens is 1. The lowest BCUT2D eigenvalue weighted by atomic mass is 10.0. The highest BCUT2D eigenvalue weighted by Gasteiger charge is 2.20. The van der Waals surface area contributed by atoms with E-state index in [1.54, 1.807) is 7.05 Å². The standard InChI is InChI=1S/C21H30N4O.HI/c1-22-21(23-17-20(26)24-12-6-3-7-13-24)25-14-10-19(11-15-25)16-18-8-4-2-5-9-18;/h2,4-5,8-9,16H,3,6-7,10-15,17H2,1H3,(H,22,23);1H. The average molecular weight is 482 g/mol. The summed E-state index contributed by atoms with van der Waals surface area (Å²) in [6, 6.07) is 10.5. The molecule has 27 heavy (non-hydrogen) atoms. The molecule has 0 unspecified atom stereocenters. The first-order chi connectivity index (χ1) is 12.8. The third kappa shape index (κ3) is 6.52. The molecule has 1 amide bonds. The van der Waals surface area contributed by atoms with Crippen molar-refractivity contribution in [3.05, 3.63) is 41.5 Å². The number of hydrogen-bond acceptors (Lipinski definition) is 2. The Hall–Kier alpha value is -1.57. The monoisotopic (exact) mass is 482 g/mol. The van der Waals surface area contributed by atoms with Crippen LogP contribution in [0.15, 0.2) is 40.9 Å². The van der Waals surface area contributed by atoms with Crippen LogP contribution in [0.1, 0.15) is 37.7 Å². The van der Waals surface area contributed by atoms with Crippen molar-refractivity contribution in [2.24, 2.45) is 4.99 Å². The van der Waals surface area contributed by atoms with Gasteiger partial charge in [-0.15, -0.1) is 24.0 Å². The van der Waals surface area contributed by atoms with Crippen molar-refractivity contribution >= 4 is 41.9 Å². The minimum atomic E-state index is 0. The van der Waals surface area contributed by atoms with Gasteiger partial charge in [0.25, 0.3) is 0 Å². The summed E-state index contributed by atoms with van der Waals surface area (Å²) in [6.07, 6.45) is 7.87. The molecule has 3 rings (SSSR count). The number of amides is 1. The molecule has 5 nitrogen and oxygen atoms in total. The molecule has 0 radical (unpaired) electrons. The molecule has 0 aromatic heterocycles. The molecule has 6 heteroatoms. The van der Waals surface area contributed by atoms with Gasteiger partial charge in [-0.2, -0.15) is 0 Å². The van der Waals surface area contributed by atoms with Crippen molar-refractivity contribution < 1.29 is 4.79 Å². The minimum absolute atomic E-state index is 0. The van der Waals surface area contributed by atoms with Crippen LogP contribution in [0.3, 0.4) is 0 Å². The number of carbonyl (C=O) groups is 1. The Morgan fingerprint density at radius 3 is 2.33 bits per heavy atom. The summed E-state index contributed by atoms with van der Waals surface area (Å²) in [5, 5.41) is 3.27. The molecule has 2 aliphatic rings. The number of guanidine groups is 1. The van der Waals surface area contributed by atoms with Gasteiger partial charge in [-0.05, 0) is 37.7 Å². The average Bonchev–Trinajstić information content (AvgIpc) is 2.71. The molecule has 0 spiro atoms. The third-order valence-electron chi connectivity index (χ3n) is 5.19. The molecule has 2 aliphatic heterocycles. The maximum Gasteiger partial charge on any atom is 0.241 e. The Morgan fingerprint density at radius 1 is 1.04 bits per heavy atom. The summed E-state index contributed by atoms with van der Waals surface area (Å²) in [4.78, 5) is 20.9. The first-order valence-electron chi connectivity index (χ1n) is 9.74. The number of benzene rings is 1. The molecule has 1 N–H and O–H groups in total. The number of piperidine rings is 2. The van der Waals surface area contributed by atoms with E-state index in [4.69, 9.17) is 0 Å². The molecule has 0 bridgehead atoms. The Balaban J connectivity index is 0.00000261. The van der Waals surface area contributed by atoms with Crippen molar-refractivity contribution in [1.29, 1.82) is 0 Å². The second kappa shape index (κ2) is 11.3. The molecule has 0 aliphatic carbocycles. The molecule has 2 fully saturated rings. The van der Waals surface area contributed by atoms with Crippen LogP contribution in [0, 0.1) is 0 Å². The van der Waals surface area contributed by atoms with E-state index in [1.165, 1.54) is 17.6 Å². The van der Waals surface area contributed by atoms with Crippen LogP contribution in [0.4, 0.5) is 0 Å². The lowest BCUT2D eigenvalue weighted by Crippen LogP contribution is -2.48. The number of nitrogens with one attached hydrogen (secondary N) is 1. The number of likely N-dealkylation sites (tertiary alicyclic amines) is 2. The smallest absolute Gasteiger partial charge is 0.241 e. The first kappa shape index (κ1) is 21.7. The first-order valence-corrected chi connectivity index (χ1v) is 9.74. The molecular weight excluding hydrogens is 451 g/mol. The topological polar surface area (TPSA) is 47.9 Å². The van der Waals surface area contributed by atoms with Crippen LogP contribution in [-0.2, 0) is 4.79 Å². The molecule has 2 heterocycles. The van der Waals surface area contributed by atoms with Crippen molar-refractivity contribution in [3.63, 3.8) is 0 Å². The highest BCUT2D eigenvalue weighted by Crippen LogP contribution is 2.19. The molecule has 1 aromatic carbocycles. The molecule has 148 valence electrons. The van der Waals surface area contributed by atoms with E-state index in [0.29, 0.717) is 6.54 Å². The number of aliphatic imine (C=N–C) groups is 1. The van der Waals surface area contributed by atoms with Gasteiger partial charge in [-0.3, -0.25) is 9.79 Å². The van der Waals surface area contributed by atoms with Gasteiger partial charge >= 0.3 is 0 Å². The third-order valence-corrected chi connectivity index (χ3v) is 5.19. The van der Waals surface area contributed by atoms with Crippen LogP contribution in [-0.4, -0.2) is 61.4 Å². The van der Waals surface area contributed by atoms with Gasteiger partial charge in [-0.25, -0.2) is 0 Å². The summed E-state index contributed by atoms with van der Waals surface area (Å²) in [6.45, 7) is 4.02. The van der Waals surface area contributed by atoms with Crippen LogP contribution >= 0.6 is 24.0 Å². The fraction of sp³-hybridized carbons (Fsp3) is 0.524. The fourth-order valence-corrected chi connectivity index (χ4v) is 3.68. The van der Waals surface area contributed by atoms with Crippen molar-refractivity contribution in [2.75, 3.05) is 39.8 Å². The summed E-state index contributed by atoms with van der Waals surface area (Å²) < 4.78 is 0. The van der Waals surface area contributed by atoms with E-state index >= 15 is 0 Å². The van der Waals surface area contributed by atoms with Gasteiger partial charge in [-0.1, -0.05) is 42.0 Å². The van der Waals surface area contributed by atoms with Crippen LogP contribution in [0.5, 0.6) is 0 Å². The predicted octanol–water partition coefficient (Wildman–Crippen LogP) is 3.37. The second-order valence-corrected chi connectivity index (χ2v) is 7.04. The normalized spacial score (nSPS) is 18.0. The zero-order valence-electron chi connectivity index (χ0n) is 16.2. The summed E-state index contributed by atoms with van der Waals surface area (Å²) in [5.74, 6) is 1.03. The van der Waals surface area contributed by atoms with E-state index in [1.807, 2.05) is 11.0 Å². The van der Waals surface area contributed by atoms with E-state index < -0.39 is 0 Å². The SMILES string of the molecule is CN=C(NCC(=O)N1CCCCC1)N1CCC(=Cc2ccccc2)CC1.I. The molecule has 1 aromatic rings.